The Kier molecular flexibility index (Phi) is 6.29. The first-order chi connectivity index (χ1) is 11.7. The molecule has 25 heavy (non-hydrogen) atoms. The second kappa shape index (κ2) is 8.05. The van der Waals surface area contributed by atoms with Gasteiger partial charge in [-0.2, -0.15) is 0 Å². The summed E-state index contributed by atoms with van der Waals surface area (Å²) in [5.74, 6) is 0.392. The van der Waals surface area contributed by atoms with Gasteiger partial charge in [-0.15, -0.1) is 0 Å². The van der Waals surface area contributed by atoms with Crippen LogP contribution in [0.4, 0.5) is 5.69 Å². The van der Waals surface area contributed by atoms with Crippen LogP contribution in [0, 0.1) is 0 Å². The van der Waals surface area contributed by atoms with E-state index in [1.54, 1.807) is 31.2 Å². The first-order valence-electron chi connectivity index (χ1n) is 8.36. The number of anilines is 1. The van der Waals surface area contributed by atoms with Crippen LogP contribution in [0.2, 0.25) is 0 Å². The lowest BCUT2D eigenvalue weighted by molar-refractivity contribution is -0.128. The molecule has 0 aromatic heterocycles. The number of nitrogens with zero attached hydrogens (tertiary/aromatic N) is 2. The Morgan fingerprint density at radius 1 is 1.28 bits per heavy atom. The van der Waals surface area contributed by atoms with Gasteiger partial charge in [0.2, 0.25) is 10.0 Å². The molecule has 1 N–H and O–H groups in total. The molecule has 0 unspecified atom stereocenters. The van der Waals surface area contributed by atoms with Gasteiger partial charge in [0, 0.05) is 13.1 Å². The maximum Gasteiger partial charge on any atom is 0.260 e. The summed E-state index contributed by atoms with van der Waals surface area (Å²) < 4.78 is 29.9. The van der Waals surface area contributed by atoms with Crippen LogP contribution >= 0.6 is 0 Å². The van der Waals surface area contributed by atoms with Gasteiger partial charge in [0.15, 0.2) is 6.10 Å². The second-order valence-electron chi connectivity index (χ2n) is 6.57. The highest BCUT2D eigenvalue weighted by molar-refractivity contribution is 7.92. The fourth-order valence-corrected chi connectivity index (χ4v) is 3.16. The molecule has 1 heterocycles. The number of sulfonamides is 1. The third kappa shape index (κ3) is 5.61. The number of carbonyl (C=O) groups excluding carboxylic acids is 1. The van der Waals surface area contributed by atoms with Crippen molar-refractivity contribution in [2.24, 2.45) is 0 Å². The smallest absolute Gasteiger partial charge is 0.260 e. The Labute approximate surface area is 150 Å². The van der Waals surface area contributed by atoms with Gasteiger partial charge < -0.3 is 15.0 Å². The highest BCUT2D eigenvalue weighted by atomic mass is 32.2. The standard InChI is InChI=1S/C17H27N3O4S/c1-13(17(21)18-14-9-11-19(2)12-10-14)24-16-7-5-15(6-8-16)20(3)25(4,22)23/h5-8,13-14H,9-12H2,1-4H3,(H,18,21)/t13-/m1/s1. The summed E-state index contributed by atoms with van der Waals surface area (Å²) in [6, 6.07) is 6.82. The highest BCUT2D eigenvalue weighted by Gasteiger charge is 2.22. The molecule has 0 bridgehead atoms. The Bertz CT molecular complexity index is 682. The molecule has 7 nitrogen and oxygen atoms in total. The number of nitrogens with one attached hydrogen (secondary N) is 1. The normalized spacial score (nSPS) is 17.8. The molecule has 0 spiro atoms. The molecule has 2 rings (SSSR count). The molecule has 0 radical (unpaired) electrons. The van der Waals surface area contributed by atoms with Crippen molar-refractivity contribution < 1.29 is 17.9 Å². The van der Waals surface area contributed by atoms with Gasteiger partial charge in [0.25, 0.3) is 5.91 Å². The zero-order valence-corrected chi connectivity index (χ0v) is 16.0. The summed E-state index contributed by atoms with van der Waals surface area (Å²) >= 11 is 0. The van der Waals surface area contributed by atoms with E-state index < -0.39 is 16.1 Å². The number of benzene rings is 1. The minimum atomic E-state index is -3.30. The maximum absolute atomic E-state index is 12.3. The zero-order chi connectivity index (χ0) is 18.6. The Balaban J connectivity index is 1.89. The minimum Gasteiger partial charge on any atom is -0.481 e. The lowest BCUT2D eigenvalue weighted by Gasteiger charge is -2.30. The van der Waals surface area contributed by atoms with Gasteiger partial charge in [0.05, 0.1) is 11.9 Å². The van der Waals surface area contributed by atoms with E-state index in [9.17, 15) is 13.2 Å². The van der Waals surface area contributed by atoms with Crippen LogP contribution in [-0.2, 0) is 14.8 Å². The van der Waals surface area contributed by atoms with Gasteiger partial charge >= 0.3 is 0 Å². The highest BCUT2D eigenvalue weighted by Crippen LogP contribution is 2.21. The molecule has 140 valence electrons. The summed E-state index contributed by atoms with van der Waals surface area (Å²) in [7, 11) is 0.266. The predicted octanol–water partition coefficient (Wildman–Crippen LogP) is 1.06. The Hall–Kier alpha value is -1.80. The summed E-state index contributed by atoms with van der Waals surface area (Å²) in [6.45, 7) is 3.67. The molecule has 1 aliphatic heterocycles. The van der Waals surface area contributed by atoms with Crippen LogP contribution in [0.3, 0.4) is 0 Å². The Morgan fingerprint density at radius 2 is 1.84 bits per heavy atom. The van der Waals surface area contributed by atoms with E-state index in [4.69, 9.17) is 4.74 Å². The van der Waals surface area contributed by atoms with E-state index in [0.29, 0.717) is 11.4 Å². The van der Waals surface area contributed by atoms with Gasteiger partial charge in [-0.05, 0) is 64.2 Å². The minimum absolute atomic E-state index is 0.133. The van der Waals surface area contributed by atoms with Crippen molar-refractivity contribution in [2.75, 3.05) is 37.7 Å². The molecule has 1 aromatic carbocycles. The van der Waals surface area contributed by atoms with Crippen LogP contribution in [0.25, 0.3) is 0 Å². The summed E-state index contributed by atoms with van der Waals surface area (Å²) in [6.07, 6.45) is 2.42. The number of piperidine rings is 1. The van der Waals surface area contributed by atoms with Gasteiger partial charge in [0.1, 0.15) is 5.75 Å². The first kappa shape index (κ1) is 19.5. The molecular formula is C17H27N3O4S. The SMILES string of the molecule is C[C@@H](Oc1ccc(N(C)S(C)(=O)=O)cc1)C(=O)NC1CCN(C)CC1. The monoisotopic (exact) mass is 369 g/mol. The van der Waals surface area contributed by atoms with E-state index in [1.807, 2.05) is 0 Å². The fraction of sp³-hybridized carbons (Fsp3) is 0.588. The second-order valence-corrected chi connectivity index (χ2v) is 8.58. The van der Waals surface area contributed by atoms with Crippen LogP contribution in [0.15, 0.2) is 24.3 Å². The molecule has 0 aliphatic carbocycles. The van der Waals surface area contributed by atoms with Gasteiger partial charge in [-0.25, -0.2) is 8.42 Å². The topological polar surface area (TPSA) is 78.9 Å². The third-order valence-electron chi connectivity index (χ3n) is 4.44. The first-order valence-corrected chi connectivity index (χ1v) is 10.2. The van der Waals surface area contributed by atoms with Gasteiger partial charge in [-0.3, -0.25) is 9.10 Å². The zero-order valence-electron chi connectivity index (χ0n) is 15.2. The van der Waals surface area contributed by atoms with E-state index in [1.165, 1.54) is 11.4 Å². The summed E-state index contributed by atoms with van der Waals surface area (Å²) in [4.78, 5) is 14.5. The molecule has 1 atom stereocenters. The average Bonchev–Trinajstić information content (AvgIpc) is 2.56. The number of hydrogen-bond donors (Lipinski definition) is 1. The van der Waals surface area contributed by atoms with E-state index in [2.05, 4.69) is 17.3 Å². The quantitative estimate of drug-likeness (QED) is 0.811. The van der Waals surface area contributed by atoms with Crippen molar-refractivity contribution in [3.8, 4) is 5.75 Å². The molecule has 8 heteroatoms. The predicted molar refractivity (Wildman–Crippen MR) is 98.4 cm³/mol. The fourth-order valence-electron chi connectivity index (χ4n) is 2.66. The van der Waals surface area contributed by atoms with Crippen molar-refractivity contribution in [1.29, 1.82) is 0 Å². The largest absolute Gasteiger partial charge is 0.481 e. The third-order valence-corrected chi connectivity index (χ3v) is 5.65. The number of ether oxygens (including phenoxy) is 1. The number of rotatable bonds is 6. The molecule has 0 saturated carbocycles. The lowest BCUT2D eigenvalue weighted by Crippen LogP contribution is -2.47. The molecule has 1 aliphatic rings. The van der Waals surface area contributed by atoms with Crippen LogP contribution < -0.4 is 14.4 Å². The van der Waals surface area contributed by atoms with Crippen LogP contribution in [0.5, 0.6) is 5.75 Å². The van der Waals surface area contributed by atoms with Crippen molar-refractivity contribution in [2.45, 2.75) is 31.9 Å². The number of carbonyl (C=O) groups is 1. The van der Waals surface area contributed by atoms with Crippen LogP contribution in [-0.4, -0.2) is 64.8 Å². The molecule has 1 aromatic rings. The molecule has 1 fully saturated rings. The van der Waals surface area contributed by atoms with Crippen molar-refractivity contribution in [3.63, 3.8) is 0 Å². The summed E-state index contributed by atoms with van der Waals surface area (Å²) in [5.41, 5.74) is 0.540. The Morgan fingerprint density at radius 3 is 2.36 bits per heavy atom. The number of amides is 1. The molecule has 1 saturated heterocycles. The van der Waals surface area contributed by atoms with E-state index in [0.717, 1.165) is 32.2 Å². The number of hydrogen-bond acceptors (Lipinski definition) is 5. The van der Waals surface area contributed by atoms with Crippen molar-refractivity contribution >= 4 is 21.6 Å². The lowest BCUT2D eigenvalue weighted by atomic mass is 10.1. The molecular weight excluding hydrogens is 342 g/mol. The summed E-state index contributed by atoms with van der Waals surface area (Å²) in [5, 5.41) is 3.03. The number of likely N-dealkylation sites (tertiary alicyclic amines) is 1. The van der Waals surface area contributed by atoms with E-state index in [-0.39, 0.29) is 11.9 Å². The average molecular weight is 369 g/mol. The van der Waals surface area contributed by atoms with Crippen molar-refractivity contribution in [3.05, 3.63) is 24.3 Å². The van der Waals surface area contributed by atoms with E-state index >= 15 is 0 Å². The molecule has 1 amide bonds. The van der Waals surface area contributed by atoms with Crippen LogP contribution in [0.1, 0.15) is 19.8 Å². The van der Waals surface area contributed by atoms with Crippen molar-refractivity contribution in [1.82, 2.24) is 10.2 Å². The van der Waals surface area contributed by atoms with Gasteiger partial charge in [-0.1, -0.05) is 0 Å². The maximum atomic E-state index is 12.3.